The van der Waals surface area contributed by atoms with Crippen LogP contribution in [-0.2, 0) is 0 Å². The standard InChI is InChI=1S/C11H16O4/c1-11(2,12)15-8-5-6-9(13-3)10(7-8)14-4/h5-7,12H,1-4H3. The number of hydrogen-bond acceptors (Lipinski definition) is 4. The van der Waals surface area contributed by atoms with E-state index in [2.05, 4.69) is 0 Å². The van der Waals surface area contributed by atoms with Crippen molar-refractivity contribution >= 4 is 0 Å². The van der Waals surface area contributed by atoms with Crippen LogP contribution in [0.4, 0.5) is 0 Å². The molecule has 0 atom stereocenters. The fourth-order valence-electron chi connectivity index (χ4n) is 1.17. The summed E-state index contributed by atoms with van der Waals surface area (Å²) in [5.74, 6) is 0.513. The van der Waals surface area contributed by atoms with Crippen LogP contribution < -0.4 is 14.2 Å². The molecule has 0 fully saturated rings. The van der Waals surface area contributed by atoms with Gasteiger partial charge in [0.05, 0.1) is 14.2 Å². The van der Waals surface area contributed by atoms with Gasteiger partial charge in [0, 0.05) is 19.9 Å². The Morgan fingerprint density at radius 3 is 2.13 bits per heavy atom. The third kappa shape index (κ3) is 3.32. The second-order valence-electron chi connectivity index (χ2n) is 3.57. The maximum atomic E-state index is 9.47. The summed E-state index contributed by atoms with van der Waals surface area (Å²) >= 11 is 0. The highest BCUT2D eigenvalue weighted by molar-refractivity contribution is 5.45. The highest BCUT2D eigenvalue weighted by Gasteiger charge is 2.15. The molecule has 1 aromatic carbocycles. The van der Waals surface area contributed by atoms with Crippen LogP contribution in [0.1, 0.15) is 13.8 Å². The van der Waals surface area contributed by atoms with Gasteiger partial charge in [-0.25, -0.2) is 0 Å². The van der Waals surface area contributed by atoms with E-state index in [9.17, 15) is 5.11 Å². The van der Waals surface area contributed by atoms with E-state index < -0.39 is 5.79 Å². The number of aliphatic hydroxyl groups is 1. The lowest BCUT2D eigenvalue weighted by Crippen LogP contribution is -2.26. The van der Waals surface area contributed by atoms with E-state index in [1.807, 2.05) is 0 Å². The largest absolute Gasteiger partial charge is 0.493 e. The number of ether oxygens (including phenoxy) is 3. The van der Waals surface area contributed by atoms with Crippen LogP contribution in [0.25, 0.3) is 0 Å². The Bertz CT molecular complexity index is 328. The van der Waals surface area contributed by atoms with Crippen molar-refractivity contribution in [3.63, 3.8) is 0 Å². The lowest BCUT2D eigenvalue weighted by atomic mass is 10.3. The van der Waals surface area contributed by atoms with Crippen molar-refractivity contribution < 1.29 is 19.3 Å². The minimum absolute atomic E-state index is 0.528. The zero-order valence-electron chi connectivity index (χ0n) is 9.40. The first-order chi connectivity index (χ1) is 6.96. The summed E-state index contributed by atoms with van der Waals surface area (Å²) in [4.78, 5) is 0. The maximum Gasteiger partial charge on any atom is 0.202 e. The number of hydrogen-bond donors (Lipinski definition) is 1. The molecule has 84 valence electrons. The van der Waals surface area contributed by atoms with Crippen LogP contribution in [0.15, 0.2) is 18.2 Å². The highest BCUT2D eigenvalue weighted by Crippen LogP contribution is 2.31. The van der Waals surface area contributed by atoms with E-state index >= 15 is 0 Å². The second-order valence-corrected chi connectivity index (χ2v) is 3.57. The van der Waals surface area contributed by atoms with Gasteiger partial charge in [-0.3, -0.25) is 0 Å². The Morgan fingerprint density at radius 2 is 1.67 bits per heavy atom. The molecule has 0 aliphatic heterocycles. The van der Waals surface area contributed by atoms with Gasteiger partial charge in [-0.1, -0.05) is 0 Å². The molecule has 4 heteroatoms. The first-order valence-electron chi connectivity index (χ1n) is 4.59. The molecule has 0 bridgehead atoms. The third-order valence-electron chi connectivity index (χ3n) is 1.72. The minimum Gasteiger partial charge on any atom is -0.493 e. The summed E-state index contributed by atoms with van der Waals surface area (Å²) in [6.07, 6.45) is 0. The molecule has 0 aromatic heterocycles. The second kappa shape index (κ2) is 4.40. The molecule has 0 amide bonds. The predicted molar refractivity (Wildman–Crippen MR) is 56.5 cm³/mol. The van der Waals surface area contributed by atoms with Crippen molar-refractivity contribution in [2.45, 2.75) is 19.6 Å². The molecule has 0 radical (unpaired) electrons. The monoisotopic (exact) mass is 212 g/mol. The smallest absolute Gasteiger partial charge is 0.202 e. The zero-order valence-corrected chi connectivity index (χ0v) is 9.40. The van der Waals surface area contributed by atoms with Crippen molar-refractivity contribution in [3.05, 3.63) is 18.2 Å². The van der Waals surface area contributed by atoms with Crippen molar-refractivity contribution in [2.24, 2.45) is 0 Å². The average Bonchev–Trinajstić information content (AvgIpc) is 2.15. The van der Waals surface area contributed by atoms with E-state index in [1.165, 1.54) is 0 Å². The molecular weight excluding hydrogens is 196 g/mol. The van der Waals surface area contributed by atoms with E-state index in [0.29, 0.717) is 17.2 Å². The Balaban J connectivity index is 2.93. The maximum absolute atomic E-state index is 9.47. The first kappa shape index (κ1) is 11.7. The lowest BCUT2D eigenvalue weighted by Gasteiger charge is -2.20. The van der Waals surface area contributed by atoms with Gasteiger partial charge in [0.25, 0.3) is 0 Å². The summed E-state index contributed by atoms with van der Waals surface area (Å²) in [6, 6.07) is 5.09. The van der Waals surface area contributed by atoms with Crippen molar-refractivity contribution in [3.8, 4) is 17.2 Å². The van der Waals surface area contributed by atoms with Gasteiger partial charge in [0.1, 0.15) is 5.75 Å². The minimum atomic E-state index is -1.21. The van der Waals surface area contributed by atoms with Crippen molar-refractivity contribution in [2.75, 3.05) is 14.2 Å². The Hall–Kier alpha value is -1.42. The quantitative estimate of drug-likeness (QED) is 0.773. The molecule has 0 unspecified atom stereocenters. The van der Waals surface area contributed by atoms with Crippen molar-refractivity contribution in [1.82, 2.24) is 0 Å². The lowest BCUT2D eigenvalue weighted by molar-refractivity contribution is -0.104. The van der Waals surface area contributed by atoms with Crippen LogP contribution in [-0.4, -0.2) is 25.1 Å². The summed E-state index contributed by atoms with van der Waals surface area (Å²) in [6.45, 7) is 3.12. The van der Waals surface area contributed by atoms with Crippen LogP contribution in [0.3, 0.4) is 0 Å². The average molecular weight is 212 g/mol. The SMILES string of the molecule is COc1ccc(OC(C)(C)O)cc1OC. The molecule has 1 aromatic rings. The number of rotatable bonds is 4. The van der Waals surface area contributed by atoms with E-state index in [4.69, 9.17) is 14.2 Å². The van der Waals surface area contributed by atoms with E-state index in [-0.39, 0.29) is 0 Å². The molecule has 1 rings (SSSR count). The molecule has 1 N–H and O–H groups in total. The Kier molecular flexibility index (Phi) is 3.42. The molecule has 0 saturated carbocycles. The van der Waals surface area contributed by atoms with Gasteiger partial charge in [-0.15, -0.1) is 0 Å². The van der Waals surface area contributed by atoms with Crippen LogP contribution in [0.2, 0.25) is 0 Å². The van der Waals surface area contributed by atoms with Gasteiger partial charge in [0.15, 0.2) is 11.5 Å². The van der Waals surface area contributed by atoms with Gasteiger partial charge < -0.3 is 19.3 Å². The summed E-state index contributed by atoms with van der Waals surface area (Å²) in [7, 11) is 3.11. The van der Waals surface area contributed by atoms with Gasteiger partial charge in [0.2, 0.25) is 5.79 Å². The Labute approximate surface area is 89.4 Å². The predicted octanol–water partition coefficient (Wildman–Crippen LogP) is 1.81. The molecule has 4 nitrogen and oxygen atoms in total. The van der Waals surface area contributed by atoms with Gasteiger partial charge >= 0.3 is 0 Å². The fourth-order valence-corrected chi connectivity index (χ4v) is 1.17. The molecule has 0 aliphatic rings. The summed E-state index contributed by atoms with van der Waals surface area (Å²) in [5, 5.41) is 9.47. The van der Waals surface area contributed by atoms with E-state index in [0.717, 1.165) is 0 Å². The highest BCUT2D eigenvalue weighted by atomic mass is 16.6. The van der Waals surface area contributed by atoms with E-state index in [1.54, 1.807) is 46.3 Å². The molecule has 0 spiro atoms. The van der Waals surface area contributed by atoms with Gasteiger partial charge in [-0.2, -0.15) is 0 Å². The molecule has 15 heavy (non-hydrogen) atoms. The first-order valence-corrected chi connectivity index (χ1v) is 4.59. The fraction of sp³-hybridized carbons (Fsp3) is 0.455. The number of benzene rings is 1. The molecule has 0 heterocycles. The topological polar surface area (TPSA) is 47.9 Å². The van der Waals surface area contributed by atoms with Crippen LogP contribution in [0.5, 0.6) is 17.2 Å². The van der Waals surface area contributed by atoms with Crippen LogP contribution in [0, 0.1) is 0 Å². The normalized spacial score (nSPS) is 11.0. The van der Waals surface area contributed by atoms with Crippen molar-refractivity contribution in [1.29, 1.82) is 0 Å². The molecular formula is C11H16O4. The molecule has 0 saturated heterocycles. The summed E-state index contributed by atoms with van der Waals surface area (Å²) in [5.41, 5.74) is 0. The number of methoxy groups -OCH3 is 2. The zero-order chi connectivity index (χ0) is 11.5. The third-order valence-corrected chi connectivity index (χ3v) is 1.72. The Morgan fingerprint density at radius 1 is 1.07 bits per heavy atom. The van der Waals surface area contributed by atoms with Gasteiger partial charge in [-0.05, 0) is 12.1 Å². The molecule has 0 aliphatic carbocycles. The summed E-state index contributed by atoms with van der Waals surface area (Å²) < 4.78 is 15.4. The van der Waals surface area contributed by atoms with Crippen LogP contribution >= 0.6 is 0 Å².